The number of carboxylic acid groups (broad SMARTS) is 1. The average Bonchev–Trinajstić information content (AvgIpc) is 2.17. The third-order valence-electron chi connectivity index (χ3n) is 3.46. The predicted octanol–water partition coefficient (Wildman–Crippen LogP) is 2.61. The van der Waals surface area contributed by atoms with E-state index in [0.29, 0.717) is 5.92 Å². The summed E-state index contributed by atoms with van der Waals surface area (Å²) in [6, 6.07) is 0. The van der Waals surface area contributed by atoms with E-state index in [1.165, 1.54) is 0 Å². The third kappa shape index (κ3) is 3.21. The molecule has 0 saturated carbocycles. The zero-order valence-electron chi connectivity index (χ0n) is 10.8. The molecular weight excluding hydrogens is 202 g/mol. The van der Waals surface area contributed by atoms with Crippen LogP contribution in [0.5, 0.6) is 0 Å². The van der Waals surface area contributed by atoms with Gasteiger partial charge in [0.25, 0.3) is 0 Å². The number of hydrogen-bond donors (Lipinski definition) is 1. The van der Waals surface area contributed by atoms with E-state index in [0.717, 1.165) is 45.3 Å². The molecule has 1 unspecified atom stereocenters. The molecule has 3 heteroatoms. The summed E-state index contributed by atoms with van der Waals surface area (Å²) >= 11 is 0. The fraction of sp³-hybridized carbons (Fsp3) is 0.923. The minimum Gasteiger partial charge on any atom is -0.481 e. The molecule has 0 aliphatic carbocycles. The van der Waals surface area contributed by atoms with Gasteiger partial charge in [-0.05, 0) is 31.7 Å². The molecule has 1 aliphatic rings. The van der Waals surface area contributed by atoms with Gasteiger partial charge in [-0.15, -0.1) is 0 Å². The van der Waals surface area contributed by atoms with E-state index in [4.69, 9.17) is 0 Å². The lowest BCUT2D eigenvalue weighted by Crippen LogP contribution is -2.48. The molecule has 0 spiro atoms. The summed E-state index contributed by atoms with van der Waals surface area (Å²) in [6.07, 6.45) is 3.66. The first kappa shape index (κ1) is 13.5. The van der Waals surface area contributed by atoms with Gasteiger partial charge < -0.3 is 10.0 Å². The fourth-order valence-electron chi connectivity index (χ4n) is 2.86. The molecule has 94 valence electrons. The fourth-order valence-corrected chi connectivity index (χ4v) is 2.86. The Morgan fingerprint density at radius 3 is 2.69 bits per heavy atom. The number of carboxylic acids is 1. The zero-order valence-corrected chi connectivity index (χ0v) is 10.8. The lowest BCUT2D eigenvalue weighted by atomic mass is 9.76. The second-order valence-corrected chi connectivity index (χ2v) is 5.57. The van der Waals surface area contributed by atoms with Crippen LogP contribution < -0.4 is 0 Å². The van der Waals surface area contributed by atoms with Gasteiger partial charge in [0.15, 0.2) is 0 Å². The van der Waals surface area contributed by atoms with Crippen molar-refractivity contribution in [3.8, 4) is 0 Å². The topological polar surface area (TPSA) is 40.5 Å². The number of carbonyl (C=O) groups is 1. The predicted molar refractivity (Wildman–Crippen MR) is 65.5 cm³/mol. The van der Waals surface area contributed by atoms with Crippen LogP contribution in [0.1, 0.15) is 46.5 Å². The molecule has 0 aromatic heterocycles. The number of aliphatic carboxylic acids is 1. The maximum absolute atomic E-state index is 11.5. The summed E-state index contributed by atoms with van der Waals surface area (Å²) < 4.78 is 0. The van der Waals surface area contributed by atoms with Gasteiger partial charge in [-0.2, -0.15) is 0 Å². The normalized spacial score (nSPS) is 27.2. The van der Waals surface area contributed by atoms with Crippen LogP contribution >= 0.6 is 0 Å². The van der Waals surface area contributed by atoms with Crippen molar-refractivity contribution in [1.29, 1.82) is 0 Å². The Labute approximate surface area is 98.8 Å². The maximum atomic E-state index is 11.5. The Bertz CT molecular complexity index is 236. The van der Waals surface area contributed by atoms with Crippen molar-refractivity contribution >= 4 is 5.97 Å². The minimum absolute atomic E-state index is 0.470. The van der Waals surface area contributed by atoms with E-state index in [1.807, 2.05) is 0 Å². The van der Waals surface area contributed by atoms with Gasteiger partial charge in [-0.3, -0.25) is 4.79 Å². The first-order chi connectivity index (χ1) is 7.50. The molecule has 1 N–H and O–H groups in total. The smallest absolute Gasteiger partial charge is 0.310 e. The van der Waals surface area contributed by atoms with Crippen LogP contribution in [0, 0.1) is 11.3 Å². The van der Waals surface area contributed by atoms with Crippen molar-refractivity contribution in [1.82, 2.24) is 4.90 Å². The second-order valence-electron chi connectivity index (χ2n) is 5.57. The highest BCUT2D eigenvalue weighted by Gasteiger charge is 2.41. The zero-order chi connectivity index (χ0) is 12.2. The monoisotopic (exact) mass is 227 g/mol. The van der Waals surface area contributed by atoms with Crippen LogP contribution in [0.2, 0.25) is 0 Å². The largest absolute Gasteiger partial charge is 0.481 e. The van der Waals surface area contributed by atoms with Crippen molar-refractivity contribution in [2.75, 3.05) is 19.6 Å². The van der Waals surface area contributed by atoms with Crippen molar-refractivity contribution in [3.63, 3.8) is 0 Å². The van der Waals surface area contributed by atoms with Gasteiger partial charge in [0, 0.05) is 13.1 Å². The van der Waals surface area contributed by atoms with Gasteiger partial charge in [0.05, 0.1) is 5.41 Å². The number of likely N-dealkylation sites (tertiary alicyclic amines) is 1. The molecule has 16 heavy (non-hydrogen) atoms. The maximum Gasteiger partial charge on any atom is 0.310 e. The molecule has 1 fully saturated rings. The Morgan fingerprint density at radius 1 is 1.50 bits per heavy atom. The lowest BCUT2D eigenvalue weighted by molar-refractivity contribution is -0.153. The van der Waals surface area contributed by atoms with Gasteiger partial charge in [-0.1, -0.05) is 27.2 Å². The van der Waals surface area contributed by atoms with E-state index >= 15 is 0 Å². The first-order valence-electron chi connectivity index (χ1n) is 6.46. The van der Waals surface area contributed by atoms with Crippen molar-refractivity contribution < 1.29 is 9.90 Å². The third-order valence-corrected chi connectivity index (χ3v) is 3.46. The minimum atomic E-state index is -0.595. The van der Waals surface area contributed by atoms with Crippen LogP contribution in [0.25, 0.3) is 0 Å². The Hall–Kier alpha value is -0.570. The van der Waals surface area contributed by atoms with Gasteiger partial charge in [-0.25, -0.2) is 0 Å². The summed E-state index contributed by atoms with van der Waals surface area (Å²) in [5.41, 5.74) is -0.470. The Morgan fingerprint density at radius 2 is 2.19 bits per heavy atom. The van der Waals surface area contributed by atoms with Crippen molar-refractivity contribution in [2.24, 2.45) is 11.3 Å². The van der Waals surface area contributed by atoms with E-state index < -0.39 is 11.4 Å². The Kier molecular flexibility index (Phi) is 4.78. The molecule has 0 amide bonds. The summed E-state index contributed by atoms with van der Waals surface area (Å²) in [6.45, 7) is 9.30. The standard InChI is InChI=1S/C13H25NO2/c1-4-6-13(12(15)16)7-5-8-14(10-13)9-11(2)3/h11H,4-10H2,1-3H3,(H,15,16). The molecular formula is C13H25NO2. The van der Waals surface area contributed by atoms with Crippen LogP contribution in [0.15, 0.2) is 0 Å². The number of hydrogen-bond acceptors (Lipinski definition) is 2. The van der Waals surface area contributed by atoms with Crippen LogP contribution in [-0.4, -0.2) is 35.6 Å². The quantitative estimate of drug-likeness (QED) is 0.785. The van der Waals surface area contributed by atoms with Crippen LogP contribution in [0.3, 0.4) is 0 Å². The summed E-state index contributed by atoms with van der Waals surface area (Å²) in [7, 11) is 0. The number of nitrogens with zero attached hydrogens (tertiary/aromatic N) is 1. The van der Waals surface area contributed by atoms with E-state index in [1.54, 1.807) is 0 Å². The van der Waals surface area contributed by atoms with Gasteiger partial charge >= 0.3 is 5.97 Å². The highest BCUT2D eigenvalue weighted by Crippen LogP contribution is 2.35. The number of rotatable bonds is 5. The molecule has 3 nitrogen and oxygen atoms in total. The van der Waals surface area contributed by atoms with E-state index in [2.05, 4.69) is 25.7 Å². The Balaban J connectivity index is 2.67. The summed E-state index contributed by atoms with van der Waals surface area (Å²) in [5.74, 6) is 0.0222. The molecule has 0 aromatic rings. The summed E-state index contributed by atoms with van der Waals surface area (Å²) in [5, 5.41) is 9.45. The highest BCUT2D eigenvalue weighted by atomic mass is 16.4. The average molecular weight is 227 g/mol. The lowest BCUT2D eigenvalue weighted by Gasteiger charge is -2.40. The van der Waals surface area contributed by atoms with Gasteiger partial charge in [0.2, 0.25) is 0 Å². The molecule has 1 saturated heterocycles. The SMILES string of the molecule is CCCC1(C(=O)O)CCCN(CC(C)C)C1. The molecule has 0 radical (unpaired) electrons. The van der Waals surface area contributed by atoms with Crippen LogP contribution in [-0.2, 0) is 4.79 Å². The number of piperidine rings is 1. The van der Waals surface area contributed by atoms with Crippen molar-refractivity contribution in [2.45, 2.75) is 46.5 Å². The van der Waals surface area contributed by atoms with Crippen molar-refractivity contribution in [3.05, 3.63) is 0 Å². The molecule has 0 bridgehead atoms. The molecule has 1 atom stereocenters. The first-order valence-corrected chi connectivity index (χ1v) is 6.46. The molecule has 1 heterocycles. The molecule has 1 rings (SSSR count). The van der Waals surface area contributed by atoms with E-state index in [-0.39, 0.29) is 0 Å². The van der Waals surface area contributed by atoms with Crippen LogP contribution in [0.4, 0.5) is 0 Å². The molecule has 0 aromatic carbocycles. The van der Waals surface area contributed by atoms with E-state index in [9.17, 15) is 9.90 Å². The summed E-state index contributed by atoms with van der Waals surface area (Å²) in [4.78, 5) is 13.8. The van der Waals surface area contributed by atoms with Gasteiger partial charge in [0.1, 0.15) is 0 Å². The second kappa shape index (κ2) is 5.67. The highest BCUT2D eigenvalue weighted by molar-refractivity contribution is 5.75. The molecule has 1 aliphatic heterocycles.